The fourth-order valence-corrected chi connectivity index (χ4v) is 8.62. The summed E-state index contributed by atoms with van der Waals surface area (Å²) in [6.07, 6.45) is 3.58. The summed E-state index contributed by atoms with van der Waals surface area (Å²) in [7, 11) is 0.260. The van der Waals surface area contributed by atoms with Crippen molar-refractivity contribution >= 4 is 35.0 Å². The largest absolute Gasteiger partial charge is 1.00 e. The van der Waals surface area contributed by atoms with Crippen LogP contribution < -0.4 is 44.4 Å². The van der Waals surface area contributed by atoms with Gasteiger partial charge >= 0.3 is 0 Å². The van der Waals surface area contributed by atoms with Gasteiger partial charge in [-0.05, 0) is 62.8 Å². The Hall–Kier alpha value is -2.53. The Morgan fingerprint density at radius 2 is 1.21 bits per heavy atom. The highest BCUT2D eigenvalue weighted by atomic mass is 79.9. The first-order chi connectivity index (χ1) is 16.0. The highest BCUT2D eigenvalue weighted by Gasteiger charge is 2.44. The Kier molecular flexibility index (Phi) is 11.4. The summed E-state index contributed by atoms with van der Waals surface area (Å²) in [5.41, 5.74) is 10.6. The molecule has 0 atom stereocenters. The summed E-state index contributed by atoms with van der Waals surface area (Å²) in [4.78, 5) is 17.5. The van der Waals surface area contributed by atoms with Gasteiger partial charge in [0.25, 0.3) is 0 Å². The fraction of sp³-hybridized carbons (Fsp3) is 0.259. The van der Waals surface area contributed by atoms with Crippen LogP contribution in [0.5, 0.6) is 0 Å². The van der Waals surface area contributed by atoms with E-state index in [1.165, 1.54) is 15.9 Å². The Balaban J connectivity index is 0.00000408. The van der Waals surface area contributed by atoms with E-state index in [2.05, 4.69) is 101 Å². The zero-order chi connectivity index (χ0) is 23.5. The SMILES string of the molecule is CN(CCCC[P+](c1ccccc1)(c1ccccc1)c1ccccc1)CCC(=O)N=C(N)N.[Br-]. The molecule has 34 heavy (non-hydrogen) atoms. The van der Waals surface area contributed by atoms with E-state index in [9.17, 15) is 4.79 Å². The van der Waals surface area contributed by atoms with Crippen molar-refractivity contribution in [2.45, 2.75) is 19.3 Å². The molecule has 5 nitrogen and oxygen atoms in total. The second-order valence-electron chi connectivity index (χ2n) is 8.23. The molecule has 0 spiro atoms. The lowest BCUT2D eigenvalue weighted by Gasteiger charge is -2.28. The molecular weight excluding hydrogens is 507 g/mol. The summed E-state index contributed by atoms with van der Waals surface area (Å²) < 4.78 is 0. The predicted octanol–water partition coefficient (Wildman–Crippen LogP) is -0.113. The van der Waals surface area contributed by atoms with Gasteiger partial charge in [0.05, 0.1) is 6.16 Å². The molecule has 0 saturated carbocycles. The molecule has 7 heteroatoms. The number of hydrogen-bond acceptors (Lipinski definition) is 2. The molecule has 0 aliphatic heterocycles. The zero-order valence-corrected chi connectivity index (χ0v) is 22.2. The average molecular weight is 541 g/mol. The highest BCUT2D eigenvalue weighted by Crippen LogP contribution is 2.55. The molecule has 0 fully saturated rings. The third-order valence-corrected chi connectivity index (χ3v) is 10.4. The maximum Gasteiger partial charge on any atom is 0.250 e. The summed E-state index contributed by atoms with van der Waals surface area (Å²) in [5.74, 6) is -0.449. The molecule has 0 aromatic heterocycles. The smallest absolute Gasteiger partial charge is 0.250 e. The molecule has 0 radical (unpaired) electrons. The third kappa shape index (κ3) is 7.49. The van der Waals surface area contributed by atoms with Crippen LogP contribution in [-0.4, -0.2) is 43.1 Å². The van der Waals surface area contributed by atoms with Crippen LogP contribution in [-0.2, 0) is 4.79 Å². The number of unbranched alkanes of at least 4 members (excludes halogenated alkanes) is 1. The van der Waals surface area contributed by atoms with Gasteiger partial charge in [-0.2, -0.15) is 4.99 Å². The van der Waals surface area contributed by atoms with Gasteiger partial charge in [-0.15, -0.1) is 0 Å². The number of nitrogens with two attached hydrogens (primary N) is 2. The van der Waals surface area contributed by atoms with Gasteiger partial charge in [-0.1, -0.05) is 54.6 Å². The Labute approximate surface area is 214 Å². The first-order valence-electron chi connectivity index (χ1n) is 11.4. The molecule has 4 N–H and O–H groups in total. The number of hydrogen-bond donors (Lipinski definition) is 2. The van der Waals surface area contributed by atoms with Crippen LogP contribution in [0.25, 0.3) is 0 Å². The lowest BCUT2D eigenvalue weighted by molar-refractivity contribution is -0.118. The quantitative estimate of drug-likeness (QED) is 0.154. The van der Waals surface area contributed by atoms with Gasteiger partial charge in [0, 0.05) is 13.0 Å². The van der Waals surface area contributed by atoms with Crippen LogP contribution >= 0.6 is 7.26 Å². The van der Waals surface area contributed by atoms with Crippen molar-refractivity contribution in [1.29, 1.82) is 0 Å². The number of carbonyl (C=O) groups excluding carboxylic acids is 1. The van der Waals surface area contributed by atoms with Crippen LogP contribution in [0, 0.1) is 0 Å². The Morgan fingerprint density at radius 3 is 1.62 bits per heavy atom. The van der Waals surface area contributed by atoms with Gasteiger partial charge in [0.2, 0.25) is 5.91 Å². The highest BCUT2D eigenvalue weighted by molar-refractivity contribution is 7.95. The average Bonchev–Trinajstić information content (AvgIpc) is 2.84. The zero-order valence-electron chi connectivity index (χ0n) is 19.7. The van der Waals surface area contributed by atoms with Crippen molar-refractivity contribution in [2.75, 3.05) is 26.3 Å². The van der Waals surface area contributed by atoms with Crippen LogP contribution in [0.3, 0.4) is 0 Å². The second kappa shape index (κ2) is 14.0. The molecule has 1 amide bonds. The number of aliphatic imine (C=N–C) groups is 1. The molecule has 0 bridgehead atoms. The third-order valence-electron chi connectivity index (χ3n) is 5.84. The Bertz CT molecular complexity index is 932. The first kappa shape index (κ1) is 27.7. The standard InChI is InChI=1S/C27H33N4OP.BrH/c1-31(21-19-26(32)30-27(28)29)20-11-12-22-33(23-13-5-2-6-14-23,24-15-7-3-8-16-24)25-17-9-4-10-18-25;/h2-10,13-18H,11-12,19-22H2,1H3,(H3-,28,29,30,32);1H. The van der Waals surface area contributed by atoms with Crippen molar-refractivity contribution in [3.05, 3.63) is 91.0 Å². The van der Waals surface area contributed by atoms with Crippen molar-refractivity contribution < 1.29 is 21.8 Å². The van der Waals surface area contributed by atoms with Crippen molar-refractivity contribution in [2.24, 2.45) is 16.5 Å². The molecule has 0 aliphatic carbocycles. The maximum atomic E-state index is 11.7. The molecule has 0 unspecified atom stereocenters. The topological polar surface area (TPSA) is 84.7 Å². The van der Waals surface area contributed by atoms with E-state index in [1.54, 1.807) is 0 Å². The number of benzene rings is 3. The van der Waals surface area contributed by atoms with E-state index in [0.717, 1.165) is 25.5 Å². The van der Waals surface area contributed by atoms with Crippen LogP contribution in [0.4, 0.5) is 0 Å². The second-order valence-corrected chi connectivity index (χ2v) is 11.8. The van der Waals surface area contributed by atoms with E-state index in [-0.39, 0.29) is 28.8 Å². The molecule has 3 aromatic rings. The number of carbonyl (C=O) groups is 1. The maximum absolute atomic E-state index is 11.7. The predicted molar refractivity (Wildman–Crippen MR) is 142 cm³/mol. The molecule has 0 heterocycles. The molecule has 3 aromatic carbocycles. The molecule has 0 saturated heterocycles. The fourth-order valence-electron chi connectivity index (χ4n) is 4.21. The van der Waals surface area contributed by atoms with E-state index in [0.29, 0.717) is 13.0 Å². The summed E-state index contributed by atoms with van der Waals surface area (Å²) in [5, 5.41) is 4.25. The normalized spacial score (nSPS) is 11.0. The monoisotopic (exact) mass is 540 g/mol. The van der Waals surface area contributed by atoms with Gasteiger partial charge in [-0.25, -0.2) is 0 Å². The summed E-state index contributed by atoms with van der Waals surface area (Å²) in [6.45, 7) is 1.57. The summed E-state index contributed by atoms with van der Waals surface area (Å²) in [6, 6.07) is 32.9. The minimum atomic E-state index is -1.78. The van der Waals surface area contributed by atoms with Gasteiger partial charge in [0.1, 0.15) is 23.2 Å². The van der Waals surface area contributed by atoms with Gasteiger partial charge in [0.15, 0.2) is 5.96 Å². The number of nitrogens with zero attached hydrogens (tertiary/aromatic N) is 2. The molecule has 0 aliphatic rings. The van der Waals surface area contributed by atoms with Crippen molar-refractivity contribution in [1.82, 2.24) is 4.90 Å². The van der Waals surface area contributed by atoms with Crippen molar-refractivity contribution in [3.63, 3.8) is 0 Å². The Morgan fingerprint density at radius 1 is 0.765 bits per heavy atom. The van der Waals surface area contributed by atoms with Crippen LogP contribution in [0.15, 0.2) is 96.0 Å². The number of halogens is 1. The van der Waals surface area contributed by atoms with Gasteiger partial charge in [-0.3, -0.25) is 4.79 Å². The lowest BCUT2D eigenvalue weighted by atomic mass is 10.3. The molecule has 3 rings (SSSR count). The minimum absolute atomic E-state index is 0. The minimum Gasteiger partial charge on any atom is -1.00 e. The molecular formula is C27H34BrN4OP. The van der Waals surface area contributed by atoms with Crippen LogP contribution in [0.1, 0.15) is 19.3 Å². The first-order valence-corrected chi connectivity index (χ1v) is 13.4. The van der Waals surface area contributed by atoms with E-state index in [1.807, 2.05) is 7.05 Å². The number of rotatable bonds is 11. The lowest BCUT2D eigenvalue weighted by Crippen LogP contribution is -3.00. The van der Waals surface area contributed by atoms with Crippen molar-refractivity contribution in [3.8, 4) is 0 Å². The van der Waals surface area contributed by atoms with E-state index >= 15 is 0 Å². The van der Waals surface area contributed by atoms with Crippen LogP contribution in [0.2, 0.25) is 0 Å². The summed E-state index contributed by atoms with van der Waals surface area (Å²) >= 11 is 0. The van der Waals surface area contributed by atoms with Gasteiger partial charge < -0.3 is 33.3 Å². The molecule has 180 valence electrons. The van der Waals surface area contributed by atoms with E-state index < -0.39 is 7.26 Å². The van der Waals surface area contributed by atoms with E-state index in [4.69, 9.17) is 11.5 Å². The number of amides is 1. The number of guanidine groups is 1.